The summed E-state index contributed by atoms with van der Waals surface area (Å²) in [5.74, 6) is -1.68. The normalized spacial score (nSPS) is 28.0. The molecule has 0 aliphatic heterocycles. The maximum atomic E-state index is 15.4. The third kappa shape index (κ3) is 8.48. The fourth-order valence-corrected chi connectivity index (χ4v) is 8.51. The molecule has 2 aromatic carbocycles. The molecule has 5 rings (SSSR count). The van der Waals surface area contributed by atoms with Gasteiger partial charge in [0.15, 0.2) is 0 Å². The van der Waals surface area contributed by atoms with Gasteiger partial charge in [0.05, 0.1) is 12.2 Å². The van der Waals surface area contributed by atoms with Crippen LogP contribution in [0.3, 0.4) is 0 Å². The summed E-state index contributed by atoms with van der Waals surface area (Å²) >= 11 is 0. The van der Waals surface area contributed by atoms with Crippen molar-refractivity contribution in [1.82, 2.24) is 0 Å². The van der Waals surface area contributed by atoms with Crippen LogP contribution in [0.25, 0.3) is 6.08 Å². The van der Waals surface area contributed by atoms with Gasteiger partial charge in [-0.05, 0) is 117 Å². The molecule has 2 aromatic rings. The fraction of sp³-hybridized carbons (Fsp3) is 0.632. The molecule has 3 aliphatic rings. The van der Waals surface area contributed by atoms with E-state index in [4.69, 9.17) is 4.74 Å². The van der Waals surface area contributed by atoms with Gasteiger partial charge in [0.2, 0.25) is 0 Å². The molecular weight excluding hydrogens is 586 g/mol. The van der Waals surface area contributed by atoms with Crippen molar-refractivity contribution in [3.63, 3.8) is 0 Å². The standard InChI is InChI=1S/C38H48F6O/c1-2-3-4-5-25-6-8-26(9-7-25)27-10-12-28(13-11-27)30-16-19-33(35(40)22-30)29-14-17-31(18-15-29)38(43,44)45-32-23-36(41)34(20-21-39)37(42)24-32/h16,19-29,31H,2-15,17-18H2,1H3/b21-20+. The van der Waals surface area contributed by atoms with Crippen molar-refractivity contribution in [3.8, 4) is 5.75 Å². The molecule has 0 N–H and O–H groups in total. The third-order valence-corrected chi connectivity index (χ3v) is 11.2. The van der Waals surface area contributed by atoms with E-state index in [1.807, 2.05) is 12.1 Å². The van der Waals surface area contributed by atoms with Crippen molar-refractivity contribution >= 4 is 6.08 Å². The van der Waals surface area contributed by atoms with Crippen molar-refractivity contribution in [2.75, 3.05) is 0 Å². The fourth-order valence-electron chi connectivity index (χ4n) is 8.51. The lowest BCUT2D eigenvalue weighted by Gasteiger charge is -2.38. The van der Waals surface area contributed by atoms with E-state index >= 15 is 4.39 Å². The molecular formula is C38H48F6O. The van der Waals surface area contributed by atoms with E-state index in [0.29, 0.717) is 42.5 Å². The first-order valence-corrected chi connectivity index (χ1v) is 17.3. The van der Waals surface area contributed by atoms with Gasteiger partial charge in [0.1, 0.15) is 23.2 Å². The molecule has 7 heteroatoms. The molecule has 0 radical (unpaired) electrons. The number of benzene rings is 2. The molecule has 0 atom stereocenters. The summed E-state index contributed by atoms with van der Waals surface area (Å²) in [6, 6.07) is 6.83. The van der Waals surface area contributed by atoms with Crippen molar-refractivity contribution in [3.05, 3.63) is 70.8 Å². The number of alkyl halides is 2. The van der Waals surface area contributed by atoms with E-state index < -0.39 is 35.0 Å². The highest BCUT2D eigenvalue weighted by molar-refractivity contribution is 5.51. The Morgan fingerprint density at radius 3 is 1.91 bits per heavy atom. The molecule has 248 valence electrons. The predicted molar refractivity (Wildman–Crippen MR) is 167 cm³/mol. The molecule has 0 heterocycles. The second-order valence-electron chi connectivity index (χ2n) is 14.0. The molecule has 3 fully saturated rings. The summed E-state index contributed by atoms with van der Waals surface area (Å²) in [6.45, 7) is 2.27. The zero-order valence-corrected chi connectivity index (χ0v) is 26.5. The molecule has 3 saturated carbocycles. The van der Waals surface area contributed by atoms with Gasteiger partial charge in [0, 0.05) is 17.7 Å². The third-order valence-electron chi connectivity index (χ3n) is 11.2. The first-order chi connectivity index (χ1) is 21.7. The van der Waals surface area contributed by atoms with E-state index in [2.05, 4.69) is 6.92 Å². The van der Waals surface area contributed by atoms with Crippen molar-refractivity contribution in [2.24, 2.45) is 23.7 Å². The van der Waals surface area contributed by atoms with E-state index in [9.17, 15) is 22.0 Å². The molecule has 0 saturated heterocycles. The maximum absolute atomic E-state index is 15.4. The van der Waals surface area contributed by atoms with Crippen LogP contribution in [0, 0.1) is 41.1 Å². The average molecular weight is 635 g/mol. The second kappa shape index (κ2) is 15.4. The van der Waals surface area contributed by atoms with Crippen LogP contribution in [0.5, 0.6) is 5.75 Å². The van der Waals surface area contributed by atoms with Crippen molar-refractivity contribution < 1.29 is 31.1 Å². The largest absolute Gasteiger partial charge is 0.432 e. The van der Waals surface area contributed by atoms with Gasteiger partial charge in [-0.15, -0.1) is 0 Å². The highest BCUT2D eigenvalue weighted by Crippen LogP contribution is 2.47. The molecule has 0 aromatic heterocycles. The number of halogens is 6. The smallest absolute Gasteiger partial charge is 0.400 e. The van der Waals surface area contributed by atoms with Gasteiger partial charge in [-0.3, -0.25) is 0 Å². The first kappa shape index (κ1) is 33.9. The Morgan fingerprint density at radius 2 is 1.33 bits per heavy atom. The summed E-state index contributed by atoms with van der Waals surface area (Å²) in [5.41, 5.74) is 0.960. The topological polar surface area (TPSA) is 9.23 Å². The number of rotatable bonds is 11. The molecule has 3 aliphatic carbocycles. The SMILES string of the molecule is CCCCCC1CCC(C2CCC(c3ccc(C4CCC(C(F)(F)Oc5cc(F)c(/C=C/F)c(F)c5)CC4)c(F)c3)CC2)CC1. The lowest BCUT2D eigenvalue weighted by Crippen LogP contribution is -2.37. The quantitative estimate of drug-likeness (QED) is 0.177. The van der Waals surface area contributed by atoms with E-state index in [0.717, 1.165) is 36.2 Å². The van der Waals surface area contributed by atoms with Gasteiger partial charge in [-0.25, -0.2) is 17.6 Å². The van der Waals surface area contributed by atoms with Gasteiger partial charge in [0.25, 0.3) is 0 Å². The minimum absolute atomic E-state index is 0.0303. The Morgan fingerprint density at radius 1 is 0.733 bits per heavy atom. The number of hydrogen-bond acceptors (Lipinski definition) is 1. The average Bonchev–Trinajstić information content (AvgIpc) is 3.03. The predicted octanol–water partition coefficient (Wildman–Crippen LogP) is 12.7. The van der Waals surface area contributed by atoms with Crippen LogP contribution in [0.4, 0.5) is 26.3 Å². The van der Waals surface area contributed by atoms with Crippen LogP contribution < -0.4 is 4.74 Å². The van der Waals surface area contributed by atoms with E-state index in [1.54, 1.807) is 6.07 Å². The summed E-state index contributed by atoms with van der Waals surface area (Å²) in [7, 11) is 0. The lowest BCUT2D eigenvalue weighted by molar-refractivity contribution is -0.222. The molecule has 45 heavy (non-hydrogen) atoms. The molecule has 0 unspecified atom stereocenters. The van der Waals surface area contributed by atoms with Crippen LogP contribution in [-0.2, 0) is 0 Å². The minimum Gasteiger partial charge on any atom is -0.432 e. The highest BCUT2D eigenvalue weighted by Gasteiger charge is 2.44. The zero-order chi connectivity index (χ0) is 32.0. The summed E-state index contributed by atoms with van der Waals surface area (Å²) in [4.78, 5) is 0. The number of ether oxygens (including phenoxy) is 1. The van der Waals surface area contributed by atoms with Crippen LogP contribution >= 0.6 is 0 Å². The first-order valence-electron chi connectivity index (χ1n) is 17.3. The highest BCUT2D eigenvalue weighted by atomic mass is 19.3. The van der Waals surface area contributed by atoms with Gasteiger partial charge in [-0.2, -0.15) is 8.78 Å². The molecule has 0 spiro atoms. The van der Waals surface area contributed by atoms with Crippen LogP contribution in [-0.4, -0.2) is 6.11 Å². The molecule has 0 amide bonds. The molecule has 1 nitrogen and oxygen atoms in total. The Hall–Kier alpha value is -2.44. The summed E-state index contributed by atoms with van der Waals surface area (Å²) in [5, 5.41) is 0. The lowest BCUT2D eigenvalue weighted by atomic mass is 9.68. The van der Waals surface area contributed by atoms with Crippen LogP contribution in [0.2, 0.25) is 0 Å². The minimum atomic E-state index is -3.66. The van der Waals surface area contributed by atoms with Crippen LogP contribution in [0.1, 0.15) is 138 Å². The van der Waals surface area contributed by atoms with E-state index in [-0.39, 0.29) is 30.9 Å². The van der Waals surface area contributed by atoms with Gasteiger partial charge in [-0.1, -0.05) is 57.6 Å². The summed E-state index contributed by atoms with van der Waals surface area (Å²) in [6.07, 6.45) is 13.4. The molecule has 0 bridgehead atoms. The Balaban J connectivity index is 1.10. The zero-order valence-electron chi connectivity index (χ0n) is 26.5. The Bertz CT molecular complexity index is 1240. The van der Waals surface area contributed by atoms with Crippen molar-refractivity contribution in [1.29, 1.82) is 0 Å². The maximum Gasteiger partial charge on any atom is 0.400 e. The van der Waals surface area contributed by atoms with E-state index in [1.165, 1.54) is 64.2 Å². The van der Waals surface area contributed by atoms with Gasteiger partial charge >= 0.3 is 6.11 Å². The van der Waals surface area contributed by atoms with Gasteiger partial charge < -0.3 is 4.74 Å². The monoisotopic (exact) mass is 634 g/mol. The number of unbranched alkanes of at least 4 members (excludes halogenated alkanes) is 2. The Kier molecular flexibility index (Phi) is 11.6. The van der Waals surface area contributed by atoms with Crippen LogP contribution in [0.15, 0.2) is 36.7 Å². The number of hydrogen-bond donors (Lipinski definition) is 0. The summed E-state index contributed by atoms with van der Waals surface area (Å²) < 4.78 is 90.6. The van der Waals surface area contributed by atoms with Crippen molar-refractivity contribution in [2.45, 2.75) is 128 Å². The Labute approximate surface area is 264 Å². The second-order valence-corrected chi connectivity index (χ2v) is 14.0.